The molecule has 0 aromatic heterocycles. The van der Waals surface area contributed by atoms with Gasteiger partial charge >= 0.3 is 0 Å². The second-order valence-electron chi connectivity index (χ2n) is 7.23. The molecule has 2 aromatic rings. The topological polar surface area (TPSA) is 73.9 Å². The molecule has 1 fully saturated rings. The fourth-order valence-electron chi connectivity index (χ4n) is 3.28. The number of ether oxygens (including phenoxy) is 1. The zero-order chi connectivity index (χ0) is 22.4. The van der Waals surface area contributed by atoms with Gasteiger partial charge in [0.05, 0.1) is 16.4 Å². The lowest BCUT2D eigenvalue weighted by Crippen LogP contribution is -2.48. The maximum absolute atomic E-state index is 12.2. The van der Waals surface area contributed by atoms with E-state index in [0.29, 0.717) is 42.6 Å². The van der Waals surface area contributed by atoms with Crippen molar-refractivity contribution >= 4 is 52.1 Å². The number of amides is 2. The first-order valence-electron chi connectivity index (χ1n) is 9.93. The van der Waals surface area contributed by atoms with Crippen LogP contribution in [0.15, 0.2) is 42.5 Å². The molecule has 1 aliphatic heterocycles. The van der Waals surface area contributed by atoms with Crippen molar-refractivity contribution in [3.05, 3.63) is 53.1 Å². The second-order valence-corrected chi connectivity index (χ2v) is 8.05. The van der Waals surface area contributed by atoms with E-state index in [4.69, 9.17) is 28.6 Å². The van der Waals surface area contributed by atoms with Gasteiger partial charge in [0.15, 0.2) is 11.7 Å². The first-order valence-corrected chi connectivity index (χ1v) is 10.7. The van der Waals surface area contributed by atoms with Crippen LogP contribution in [0.2, 0.25) is 5.02 Å². The quantitative estimate of drug-likeness (QED) is 0.667. The molecule has 0 bridgehead atoms. The molecule has 2 aromatic carbocycles. The summed E-state index contributed by atoms with van der Waals surface area (Å²) in [5, 5.41) is 6.40. The van der Waals surface area contributed by atoms with Crippen LogP contribution in [0.25, 0.3) is 0 Å². The highest BCUT2D eigenvalue weighted by molar-refractivity contribution is 7.80. The van der Waals surface area contributed by atoms with Crippen LogP contribution in [-0.4, -0.2) is 54.6 Å². The Hall–Kier alpha value is -2.84. The molecule has 0 spiro atoms. The van der Waals surface area contributed by atoms with Crippen LogP contribution in [-0.2, 0) is 9.59 Å². The van der Waals surface area contributed by atoms with E-state index in [1.54, 1.807) is 17.9 Å². The van der Waals surface area contributed by atoms with Crippen molar-refractivity contribution < 1.29 is 14.3 Å². The fraction of sp³-hybridized carbons (Fsp3) is 0.318. The number of benzene rings is 2. The number of rotatable bonds is 5. The zero-order valence-corrected chi connectivity index (χ0v) is 19.1. The van der Waals surface area contributed by atoms with Crippen molar-refractivity contribution in [2.75, 3.05) is 43.0 Å². The summed E-state index contributed by atoms with van der Waals surface area (Å²) < 4.78 is 5.48. The van der Waals surface area contributed by atoms with Crippen LogP contribution in [0.1, 0.15) is 12.5 Å². The molecule has 0 aliphatic carbocycles. The van der Waals surface area contributed by atoms with E-state index in [0.717, 1.165) is 11.3 Å². The van der Waals surface area contributed by atoms with Gasteiger partial charge in [-0.1, -0.05) is 35.4 Å². The van der Waals surface area contributed by atoms with Crippen LogP contribution in [0, 0.1) is 6.92 Å². The second kappa shape index (κ2) is 10.5. The van der Waals surface area contributed by atoms with Crippen molar-refractivity contribution in [1.82, 2.24) is 10.2 Å². The van der Waals surface area contributed by atoms with Crippen molar-refractivity contribution in [3.8, 4) is 5.75 Å². The molecular formula is C22H25ClN4O3S. The van der Waals surface area contributed by atoms with Gasteiger partial charge in [-0.3, -0.25) is 14.9 Å². The number of thiocarbonyl (C=S) groups is 1. The molecule has 0 saturated carbocycles. The Bertz CT molecular complexity index is 960. The lowest BCUT2D eigenvalue weighted by molar-refractivity contribution is -0.129. The predicted molar refractivity (Wildman–Crippen MR) is 127 cm³/mol. The first-order chi connectivity index (χ1) is 14.8. The van der Waals surface area contributed by atoms with Gasteiger partial charge in [-0.15, -0.1) is 0 Å². The minimum absolute atomic E-state index is 0.0638. The van der Waals surface area contributed by atoms with E-state index < -0.39 is 0 Å². The standard InChI is InChI=1S/C22H25ClN4O3S/c1-15-6-8-17(9-7-15)30-14-20(29)25-22(31)24-19-5-3-4-18(23)21(19)27-12-10-26(11-13-27)16(2)28/h3-9H,10-14H2,1-2H3,(H2,24,25,29,31). The summed E-state index contributed by atoms with van der Waals surface area (Å²) in [5.74, 6) is 0.312. The Kier molecular flexibility index (Phi) is 7.70. The van der Waals surface area contributed by atoms with E-state index in [2.05, 4.69) is 15.5 Å². The highest BCUT2D eigenvalue weighted by Gasteiger charge is 2.23. The van der Waals surface area contributed by atoms with Gasteiger partial charge < -0.3 is 19.9 Å². The third-order valence-electron chi connectivity index (χ3n) is 4.92. The number of carbonyl (C=O) groups excluding carboxylic acids is 2. The van der Waals surface area contributed by atoms with Crippen molar-refractivity contribution in [2.45, 2.75) is 13.8 Å². The monoisotopic (exact) mass is 460 g/mol. The van der Waals surface area contributed by atoms with Crippen LogP contribution in [0.3, 0.4) is 0 Å². The number of nitrogens with zero attached hydrogens (tertiary/aromatic N) is 2. The van der Waals surface area contributed by atoms with Gasteiger partial charge in [-0.2, -0.15) is 0 Å². The van der Waals surface area contributed by atoms with E-state index in [1.165, 1.54) is 0 Å². The number of halogens is 1. The molecule has 9 heteroatoms. The Morgan fingerprint density at radius 1 is 1.10 bits per heavy atom. The van der Waals surface area contributed by atoms with Crippen LogP contribution in [0.5, 0.6) is 5.75 Å². The summed E-state index contributed by atoms with van der Waals surface area (Å²) in [5.41, 5.74) is 2.59. The molecule has 0 radical (unpaired) electrons. The summed E-state index contributed by atoms with van der Waals surface area (Å²) in [4.78, 5) is 27.7. The molecule has 3 rings (SSSR count). The Balaban J connectivity index is 1.58. The van der Waals surface area contributed by atoms with Gasteiger partial charge in [0.25, 0.3) is 5.91 Å². The molecule has 164 valence electrons. The minimum atomic E-state index is -0.364. The van der Waals surface area contributed by atoms with Gasteiger partial charge in [0.1, 0.15) is 5.75 Å². The molecule has 1 saturated heterocycles. The average molecular weight is 461 g/mol. The normalized spacial score (nSPS) is 13.5. The third-order valence-corrected chi connectivity index (χ3v) is 5.43. The molecule has 2 N–H and O–H groups in total. The minimum Gasteiger partial charge on any atom is -0.484 e. The highest BCUT2D eigenvalue weighted by Crippen LogP contribution is 2.34. The summed E-state index contributed by atoms with van der Waals surface area (Å²) in [7, 11) is 0. The molecule has 0 unspecified atom stereocenters. The molecule has 1 heterocycles. The summed E-state index contributed by atoms with van der Waals surface area (Å²) in [6.07, 6.45) is 0. The molecule has 0 atom stereocenters. The Morgan fingerprint density at radius 2 is 1.77 bits per heavy atom. The molecule has 31 heavy (non-hydrogen) atoms. The predicted octanol–water partition coefficient (Wildman–Crippen LogP) is 3.21. The Labute approximate surface area is 192 Å². The Morgan fingerprint density at radius 3 is 2.42 bits per heavy atom. The van der Waals surface area contributed by atoms with E-state index in [1.807, 2.05) is 43.3 Å². The number of anilines is 2. The number of carbonyl (C=O) groups is 2. The van der Waals surface area contributed by atoms with Crippen LogP contribution >= 0.6 is 23.8 Å². The fourth-order valence-corrected chi connectivity index (χ4v) is 3.80. The van der Waals surface area contributed by atoms with Crippen molar-refractivity contribution in [2.24, 2.45) is 0 Å². The number of para-hydroxylation sites is 1. The first kappa shape index (κ1) is 22.8. The lowest BCUT2D eigenvalue weighted by Gasteiger charge is -2.37. The van der Waals surface area contributed by atoms with E-state index in [-0.39, 0.29) is 23.5 Å². The van der Waals surface area contributed by atoms with Gasteiger partial charge in [-0.25, -0.2) is 0 Å². The summed E-state index contributed by atoms with van der Waals surface area (Å²) in [6.45, 7) is 5.95. The molecular weight excluding hydrogens is 436 g/mol. The zero-order valence-electron chi connectivity index (χ0n) is 17.5. The number of piperazine rings is 1. The van der Waals surface area contributed by atoms with Gasteiger partial charge in [-0.05, 0) is 43.4 Å². The third kappa shape index (κ3) is 6.32. The van der Waals surface area contributed by atoms with E-state index >= 15 is 0 Å². The summed E-state index contributed by atoms with van der Waals surface area (Å²) >= 11 is 11.8. The van der Waals surface area contributed by atoms with Crippen LogP contribution < -0.4 is 20.3 Å². The molecule has 7 nitrogen and oxygen atoms in total. The number of hydrogen-bond donors (Lipinski definition) is 2. The smallest absolute Gasteiger partial charge is 0.264 e. The van der Waals surface area contributed by atoms with Gasteiger partial charge in [0.2, 0.25) is 5.91 Å². The number of hydrogen-bond acceptors (Lipinski definition) is 5. The van der Waals surface area contributed by atoms with Gasteiger partial charge in [0, 0.05) is 33.1 Å². The highest BCUT2D eigenvalue weighted by atomic mass is 35.5. The maximum atomic E-state index is 12.2. The molecule has 1 aliphatic rings. The van der Waals surface area contributed by atoms with Crippen LogP contribution in [0.4, 0.5) is 11.4 Å². The largest absolute Gasteiger partial charge is 0.484 e. The maximum Gasteiger partial charge on any atom is 0.264 e. The van der Waals surface area contributed by atoms with E-state index in [9.17, 15) is 9.59 Å². The SMILES string of the molecule is CC(=O)N1CCN(c2c(Cl)cccc2NC(=S)NC(=O)COc2ccc(C)cc2)CC1. The number of aryl methyl sites for hydroxylation is 1. The summed E-state index contributed by atoms with van der Waals surface area (Å²) in [6, 6.07) is 12.9. The molecule has 2 amide bonds. The lowest BCUT2D eigenvalue weighted by atomic mass is 10.2. The average Bonchev–Trinajstić information content (AvgIpc) is 2.73. The van der Waals surface area contributed by atoms with Crippen molar-refractivity contribution in [1.29, 1.82) is 0 Å². The van der Waals surface area contributed by atoms with Crippen molar-refractivity contribution in [3.63, 3.8) is 0 Å². The number of nitrogens with one attached hydrogen (secondary N) is 2.